The first kappa shape index (κ1) is 13.1. The third-order valence-corrected chi connectivity index (χ3v) is 3.23. The fourth-order valence-corrected chi connectivity index (χ4v) is 2.14. The number of nitrogens with one attached hydrogen (secondary N) is 1. The van der Waals surface area contributed by atoms with Crippen LogP contribution in [-0.4, -0.2) is 12.5 Å². The first-order valence-electron chi connectivity index (χ1n) is 4.96. The number of hydrogen-bond donors (Lipinski definition) is 3. The van der Waals surface area contributed by atoms with Gasteiger partial charge in [-0.2, -0.15) is 5.26 Å². The van der Waals surface area contributed by atoms with Gasteiger partial charge in [0.15, 0.2) is 0 Å². The van der Waals surface area contributed by atoms with Gasteiger partial charge in [-0.1, -0.05) is 11.6 Å². The van der Waals surface area contributed by atoms with Crippen LogP contribution < -0.4 is 16.8 Å². The molecular formula is C11H14N4OS. The fourth-order valence-electron chi connectivity index (χ4n) is 1.21. The zero-order valence-electron chi connectivity index (χ0n) is 9.70. The third kappa shape index (κ3) is 2.98. The highest BCUT2D eigenvalue weighted by Gasteiger charge is 2.18. The van der Waals surface area contributed by atoms with Crippen molar-refractivity contribution in [3.8, 4) is 6.07 Å². The molecule has 0 aromatic carbocycles. The van der Waals surface area contributed by atoms with Gasteiger partial charge in [0.05, 0.1) is 5.69 Å². The number of thiophene rings is 1. The Morgan fingerprint density at radius 1 is 1.59 bits per heavy atom. The van der Waals surface area contributed by atoms with Gasteiger partial charge < -0.3 is 16.8 Å². The summed E-state index contributed by atoms with van der Waals surface area (Å²) in [6.45, 7) is 4.53. The summed E-state index contributed by atoms with van der Waals surface area (Å²) in [5.74, 6) is -0.612. The molecule has 0 saturated carbocycles. The van der Waals surface area contributed by atoms with Crippen LogP contribution in [0.2, 0.25) is 0 Å². The second kappa shape index (κ2) is 5.37. The molecular weight excluding hydrogens is 236 g/mol. The number of amides is 1. The Morgan fingerprint density at radius 3 is 2.71 bits per heavy atom. The maximum atomic E-state index is 11.1. The van der Waals surface area contributed by atoms with Crippen LogP contribution >= 0.6 is 11.3 Å². The molecule has 0 bridgehead atoms. The number of nitrogens with zero attached hydrogens (tertiary/aromatic N) is 1. The second-order valence-electron chi connectivity index (χ2n) is 3.69. The normalized spacial score (nSPS) is 9.47. The third-order valence-electron chi connectivity index (χ3n) is 2.05. The Hall–Kier alpha value is -2.00. The first-order valence-corrected chi connectivity index (χ1v) is 5.78. The Bertz CT molecular complexity index is 506. The zero-order valence-corrected chi connectivity index (χ0v) is 10.5. The van der Waals surface area contributed by atoms with Gasteiger partial charge in [0.25, 0.3) is 5.91 Å². The molecule has 1 rings (SSSR count). The van der Waals surface area contributed by atoms with E-state index in [4.69, 9.17) is 16.7 Å². The Labute approximate surface area is 104 Å². The van der Waals surface area contributed by atoms with Crippen LogP contribution in [0.25, 0.3) is 0 Å². The minimum Gasteiger partial charge on any atom is -0.396 e. The molecule has 5 N–H and O–H groups in total. The van der Waals surface area contributed by atoms with Gasteiger partial charge in [-0.15, -0.1) is 11.3 Å². The van der Waals surface area contributed by atoms with E-state index >= 15 is 0 Å². The number of nitrogens with two attached hydrogens (primary N) is 2. The van der Waals surface area contributed by atoms with Crippen molar-refractivity contribution in [3.05, 3.63) is 22.1 Å². The number of allylic oxidation sites excluding steroid dienone is 1. The highest BCUT2D eigenvalue weighted by atomic mass is 32.1. The molecule has 1 aromatic heterocycles. The topological polar surface area (TPSA) is 105 Å². The lowest BCUT2D eigenvalue weighted by Gasteiger charge is -2.00. The molecule has 1 aromatic rings. The van der Waals surface area contributed by atoms with Gasteiger partial charge in [0.1, 0.15) is 21.5 Å². The van der Waals surface area contributed by atoms with Crippen LogP contribution in [0.4, 0.5) is 10.7 Å². The van der Waals surface area contributed by atoms with Crippen LogP contribution in [-0.2, 0) is 0 Å². The van der Waals surface area contributed by atoms with Crippen molar-refractivity contribution in [3.63, 3.8) is 0 Å². The molecule has 5 nitrogen and oxygen atoms in total. The van der Waals surface area contributed by atoms with E-state index in [-0.39, 0.29) is 16.1 Å². The lowest BCUT2D eigenvalue weighted by molar-refractivity contribution is 0.100. The van der Waals surface area contributed by atoms with E-state index in [1.807, 2.05) is 26.0 Å². The maximum absolute atomic E-state index is 11.1. The number of hydrogen-bond acceptors (Lipinski definition) is 5. The number of nitriles is 1. The van der Waals surface area contributed by atoms with Gasteiger partial charge in [0.2, 0.25) is 0 Å². The summed E-state index contributed by atoms with van der Waals surface area (Å²) in [5, 5.41) is 12.6. The fraction of sp³-hybridized carbons (Fsp3) is 0.273. The number of primary amides is 1. The molecule has 0 spiro atoms. The summed E-state index contributed by atoms with van der Waals surface area (Å²) < 4.78 is 0. The average molecular weight is 250 g/mol. The predicted octanol–water partition coefficient (Wildman–Crippen LogP) is 1.68. The molecule has 0 fully saturated rings. The van der Waals surface area contributed by atoms with Crippen molar-refractivity contribution in [2.24, 2.45) is 5.73 Å². The van der Waals surface area contributed by atoms with Gasteiger partial charge in [-0.25, -0.2) is 0 Å². The summed E-state index contributed by atoms with van der Waals surface area (Å²) in [4.78, 5) is 11.3. The summed E-state index contributed by atoms with van der Waals surface area (Å²) in [6.07, 6.45) is 1.97. The van der Waals surface area contributed by atoms with Crippen molar-refractivity contribution >= 4 is 27.9 Å². The highest BCUT2D eigenvalue weighted by Crippen LogP contribution is 2.34. The van der Waals surface area contributed by atoms with E-state index < -0.39 is 5.91 Å². The minimum absolute atomic E-state index is 0.157. The number of rotatable bonds is 4. The standard InChI is InChI=1S/C11H14N4OS/c1-6(2)3-4-15-11-7(5-12)8(13)9(17-11)10(14)16/h3,15H,4,13H2,1-2H3,(H2,14,16). The van der Waals surface area contributed by atoms with E-state index in [1.165, 1.54) is 0 Å². The highest BCUT2D eigenvalue weighted by molar-refractivity contribution is 7.18. The lowest BCUT2D eigenvalue weighted by Crippen LogP contribution is -2.10. The Kier molecular flexibility index (Phi) is 4.12. The molecule has 17 heavy (non-hydrogen) atoms. The van der Waals surface area contributed by atoms with Crippen molar-refractivity contribution in [1.29, 1.82) is 5.26 Å². The number of carbonyl (C=O) groups excluding carboxylic acids is 1. The molecule has 90 valence electrons. The van der Waals surface area contributed by atoms with Gasteiger partial charge >= 0.3 is 0 Å². The van der Waals surface area contributed by atoms with E-state index in [0.717, 1.165) is 16.9 Å². The van der Waals surface area contributed by atoms with Crippen molar-refractivity contribution < 1.29 is 4.79 Å². The Morgan fingerprint density at radius 2 is 2.24 bits per heavy atom. The molecule has 1 heterocycles. The molecule has 0 saturated heterocycles. The maximum Gasteiger partial charge on any atom is 0.261 e. The molecule has 0 aliphatic rings. The molecule has 6 heteroatoms. The lowest BCUT2D eigenvalue weighted by atomic mass is 10.2. The summed E-state index contributed by atoms with van der Waals surface area (Å²) in [5.41, 5.74) is 12.5. The van der Waals surface area contributed by atoms with E-state index in [2.05, 4.69) is 5.32 Å². The minimum atomic E-state index is -0.612. The van der Waals surface area contributed by atoms with E-state index in [9.17, 15) is 4.79 Å². The molecule has 0 unspecified atom stereocenters. The van der Waals surface area contributed by atoms with Crippen molar-refractivity contribution in [2.75, 3.05) is 17.6 Å². The largest absolute Gasteiger partial charge is 0.396 e. The smallest absolute Gasteiger partial charge is 0.261 e. The monoisotopic (exact) mass is 250 g/mol. The number of carbonyl (C=O) groups is 1. The first-order chi connectivity index (χ1) is 7.97. The van der Waals surface area contributed by atoms with Gasteiger partial charge in [-0.3, -0.25) is 4.79 Å². The SMILES string of the molecule is CC(C)=CCNc1sc(C(N)=O)c(N)c1C#N. The van der Waals surface area contributed by atoms with Crippen LogP contribution in [0.3, 0.4) is 0 Å². The Balaban J connectivity index is 3.00. The molecule has 0 radical (unpaired) electrons. The summed E-state index contributed by atoms with van der Waals surface area (Å²) in [6, 6.07) is 1.97. The van der Waals surface area contributed by atoms with Crippen LogP contribution in [0.1, 0.15) is 29.1 Å². The summed E-state index contributed by atoms with van der Waals surface area (Å²) >= 11 is 1.11. The van der Waals surface area contributed by atoms with Crippen molar-refractivity contribution in [1.82, 2.24) is 0 Å². The molecule has 0 aliphatic carbocycles. The van der Waals surface area contributed by atoms with Crippen LogP contribution in [0.15, 0.2) is 11.6 Å². The second-order valence-corrected chi connectivity index (χ2v) is 4.71. The van der Waals surface area contributed by atoms with Crippen LogP contribution in [0, 0.1) is 11.3 Å². The molecule has 0 aliphatic heterocycles. The summed E-state index contributed by atoms with van der Waals surface area (Å²) in [7, 11) is 0. The zero-order chi connectivity index (χ0) is 13.0. The van der Waals surface area contributed by atoms with E-state index in [0.29, 0.717) is 11.5 Å². The number of nitrogen functional groups attached to an aromatic ring is 1. The predicted molar refractivity (Wildman–Crippen MR) is 69.9 cm³/mol. The van der Waals surface area contributed by atoms with E-state index in [1.54, 1.807) is 0 Å². The van der Waals surface area contributed by atoms with Crippen LogP contribution in [0.5, 0.6) is 0 Å². The van der Waals surface area contributed by atoms with Gasteiger partial charge in [0, 0.05) is 6.54 Å². The van der Waals surface area contributed by atoms with Gasteiger partial charge in [-0.05, 0) is 13.8 Å². The molecule has 0 atom stereocenters. The number of anilines is 2. The average Bonchev–Trinajstić information content (AvgIpc) is 2.54. The van der Waals surface area contributed by atoms with Crippen molar-refractivity contribution in [2.45, 2.75) is 13.8 Å². The molecule has 1 amide bonds. The quantitative estimate of drug-likeness (QED) is 0.707.